The second-order valence-corrected chi connectivity index (χ2v) is 12.2. The Hall–Kier alpha value is -2.92. The molecule has 4 atom stereocenters. The number of amides is 3. The van der Waals surface area contributed by atoms with Crippen molar-refractivity contribution in [3.8, 4) is 5.75 Å². The van der Waals surface area contributed by atoms with Gasteiger partial charge in [0, 0.05) is 42.2 Å². The average molecular weight is 669 g/mol. The molecule has 0 spiro atoms. The van der Waals surface area contributed by atoms with Crippen LogP contribution in [0.25, 0.3) is 6.08 Å². The summed E-state index contributed by atoms with van der Waals surface area (Å²) in [4.78, 5) is 34.1. The first kappa shape index (κ1) is 37.5. The molecule has 4 unspecified atom stereocenters. The molecule has 3 amide bonds. The third-order valence-corrected chi connectivity index (χ3v) is 8.87. The molecule has 46 heavy (non-hydrogen) atoms. The highest BCUT2D eigenvalue weighted by Gasteiger charge is 2.42. The number of aliphatic carboxylic acids is 1. The minimum absolute atomic E-state index is 0.0583. The third-order valence-electron chi connectivity index (χ3n) is 7.36. The number of benzene rings is 1. The number of nitrogens with one attached hydrogen (secondary N) is 4. The Morgan fingerprint density at radius 1 is 1.00 bits per heavy atom. The number of carboxylic acid groups (broad SMARTS) is 1. The van der Waals surface area contributed by atoms with Gasteiger partial charge in [0.05, 0.1) is 64.9 Å². The quantitative estimate of drug-likeness (QED) is 0.0341. The molecule has 0 radical (unpaired) electrons. The van der Waals surface area contributed by atoms with E-state index in [0.717, 1.165) is 31.1 Å². The summed E-state index contributed by atoms with van der Waals surface area (Å²) in [5.74, 6) is -0.401. The SMILES string of the molecule is O=C(O)/C=C/c1ccc(CNC(=O)CCOCCOCCOCCOCCNC(O)CCCCC2SCC3NC(=O)NC32)cc1O. The first-order valence-corrected chi connectivity index (χ1v) is 16.8. The lowest BCUT2D eigenvalue weighted by atomic mass is 10.0. The van der Waals surface area contributed by atoms with Crippen LogP contribution in [0.4, 0.5) is 4.79 Å². The monoisotopic (exact) mass is 668 g/mol. The van der Waals surface area contributed by atoms with Crippen LogP contribution in [0.2, 0.25) is 0 Å². The molecule has 258 valence electrons. The number of fused-ring (bicyclic) bond motifs is 1. The van der Waals surface area contributed by atoms with Gasteiger partial charge in [0.2, 0.25) is 5.91 Å². The highest BCUT2D eigenvalue weighted by atomic mass is 32.2. The largest absolute Gasteiger partial charge is 0.507 e. The molecule has 2 aliphatic heterocycles. The Kier molecular flexibility index (Phi) is 17.8. The molecule has 0 saturated carbocycles. The third kappa shape index (κ3) is 15.1. The Morgan fingerprint density at radius 3 is 2.39 bits per heavy atom. The van der Waals surface area contributed by atoms with Crippen LogP contribution in [-0.2, 0) is 35.1 Å². The second kappa shape index (κ2) is 21.8. The molecule has 2 heterocycles. The van der Waals surface area contributed by atoms with E-state index in [1.54, 1.807) is 12.1 Å². The highest BCUT2D eigenvalue weighted by Crippen LogP contribution is 2.33. The number of phenolic OH excluding ortho intramolecular Hbond substituents is 1. The Labute approximate surface area is 273 Å². The molecule has 1 aromatic carbocycles. The lowest BCUT2D eigenvalue weighted by molar-refractivity contribution is -0.131. The molecule has 0 aliphatic carbocycles. The standard InChI is InChI=1S/C31H48N4O10S/c36-25-19-22(5-6-23(25)7-8-29(39)40)20-33-28(38)9-11-42-13-15-44-17-18-45-16-14-43-12-10-32-27(37)4-2-1-3-26-30-24(21-46-26)34-31(41)35-30/h5-8,19,24,26-27,30,32,36-37H,1-4,9-18,20-21H2,(H,33,38)(H,39,40)(H2,34,35,41)/b8-7+. The molecule has 0 bridgehead atoms. The number of carboxylic acids is 1. The summed E-state index contributed by atoms with van der Waals surface area (Å²) in [6.45, 7) is 3.99. The molecular weight excluding hydrogens is 620 g/mol. The molecule has 15 heteroatoms. The van der Waals surface area contributed by atoms with Crippen LogP contribution in [0.3, 0.4) is 0 Å². The van der Waals surface area contributed by atoms with E-state index in [4.69, 9.17) is 24.1 Å². The summed E-state index contributed by atoms with van der Waals surface area (Å²) in [6.07, 6.45) is 5.53. The minimum Gasteiger partial charge on any atom is -0.507 e. The molecule has 3 rings (SSSR count). The van der Waals surface area contributed by atoms with Gasteiger partial charge in [-0.05, 0) is 37.0 Å². The number of carbonyl (C=O) groups excluding carboxylic acids is 2. The van der Waals surface area contributed by atoms with Crippen LogP contribution in [0.5, 0.6) is 5.75 Å². The predicted molar refractivity (Wildman–Crippen MR) is 172 cm³/mol. The van der Waals surface area contributed by atoms with E-state index in [9.17, 15) is 24.6 Å². The summed E-state index contributed by atoms with van der Waals surface area (Å²) >= 11 is 1.91. The van der Waals surface area contributed by atoms with Crippen molar-refractivity contribution in [2.75, 3.05) is 65.2 Å². The summed E-state index contributed by atoms with van der Waals surface area (Å²) in [5.41, 5.74) is 1.06. The molecule has 7 N–H and O–H groups in total. The van der Waals surface area contributed by atoms with Crippen molar-refractivity contribution in [3.63, 3.8) is 0 Å². The van der Waals surface area contributed by atoms with E-state index in [-0.39, 0.29) is 49.3 Å². The fourth-order valence-electron chi connectivity index (χ4n) is 4.94. The van der Waals surface area contributed by atoms with Crippen molar-refractivity contribution in [2.24, 2.45) is 0 Å². The maximum absolute atomic E-state index is 12.0. The molecule has 2 fully saturated rings. The first-order chi connectivity index (χ1) is 22.3. The number of aromatic hydroxyl groups is 1. The van der Waals surface area contributed by atoms with Gasteiger partial charge >= 0.3 is 12.0 Å². The second-order valence-electron chi connectivity index (χ2n) is 10.9. The maximum atomic E-state index is 12.0. The number of rotatable bonds is 25. The summed E-state index contributed by atoms with van der Waals surface area (Å²) < 4.78 is 21.9. The Morgan fingerprint density at radius 2 is 1.70 bits per heavy atom. The van der Waals surface area contributed by atoms with Gasteiger partial charge in [-0.2, -0.15) is 11.8 Å². The van der Waals surface area contributed by atoms with Gasteiger partial charge in [0.25, 0.3) is 0 Å². The van der Waals surface area contributed by atoms with E-state index in [0.29, 0.717) is 75.6 Å². The van der Waals surface area contributed by atoms with Crippen molar-refractivity contribution in [3.05, 3.63) is 35.4 Å². The Balaban J connectivity index is 1.03. The van der Waals surface area contributed by atoms with Gasteiger partial charge in [-0.1, -0.05) is 18.6 Å². The number of ether oxygens (including phenoxy) is 4. The van der Waals surface area contributed by atoms with Crippen LogP contribution in [0.15, 0.2) is 24.3 Å². The smallest absolute Gasteiger partial charge is 0.328 e. The van der Waals surface area contributed by atoms with Gasteiger partial charge < -0.3 is 50.2 Å². The van der Waals surface area contributed by atoms with E-state index in [1.807, 2.05) is 11.8 Å². The number of hydrogen-bond acceptors (Lipinski definition) is 11. The highest BCUT2D eigenvalue weighted by molar-refractivity contribution is 8.00. The zero-order valence-electron chi connectivity index (χ0n) is 26.1. The predicted octanol–water partition coefficient (Wildman–Crippen LogP) is 1.20. The zero-order chi connectivity index (χ0) is 33.0. The molecule has 14 nitrogen and oxygen atoms in total. The van der Waals surface area contributed by atoms with Gasteiger partial charge in [-0.15, -0.1) is 0 Å². The minimum atomic E-state index is -1.11. The topological polar surface area (TPSA) is 197 Å². The van der Waals surface area contributed by atoms with Crippen molar-refractivity contribution < 1.29 is 48.7 Å². The van der Waals surface area contributed by atoms with Crippen LogP contribution in [-0.4, -0.2) is 122 Å². The van der Waals surface area contributed by atoms with Crippen LogP contribution >= 0.6 is 11.8 Å². The van der Waals surface area contributed by atoms with Crippen LogP contribution in [0, 0.1) is 0 Å². The average Bonchev–Trinajstić information content (AvgIpc) is 3.58. The fourth-order valence-corrected chi connectivity index (χ4v) is 6.49. The van der Waals surface area contributed by atoms with Crippen molar-refractivity contribution in [2.45, 2.75) is 62.2 Å². The van der Waals surface area contributed by atoms with E-state index < -0.39 is 12.2 Å². The Bertz CT molecular complexity index is 1110. The van der Waals surface area contributed by atoms with Crippen molar-refractivity contribution in [1.29, 1.82) is 0 Å². The number of aliphatic hydroxyl groups excluding tert-OH is 1. The van der Waals surface area contributed by atoms with Crippen molar-refractivity contribution >= 4 is 35.7 Å². The lowest BCUT2D eigenvalue weighted by Crippen LogP contribution is -2.36. The lowest BCUT2D eigenvalue weighted by Gasteiger charge is -2.17. The number of urea groups is 1. The van der Waals surface area contributed by atoms with Crippen LogP contribution in [0.1, 0.15) is 43.2 Å². The first-order valence-electron chi connectivity index (χ1n) is 15.7. The van der Waals surface area contributed by atoms with Gasteiger partial charge in [0.15, 0.2) is 0 Å². The van der Waals surface area contributed by atoms with E-state index in [1.165, 1.54) is 12.1 Å². The fraction of sp³-hybridized carbons (Fsp3) is 0.645. The number of hydrogen-bond donors (Lipinski definition) is 7. The number of thioether (sulfide) groups is 1. The zero-order valence-corrected chi connectivity index (χ0v) is 26.9. The summed E-state index contributed by atoms with van der Waals surface area (Å²) in [5, 5.41) is 41.0. The van der Waals surface area contributed by atoms with Crippen molar-refractivity contribution in [1.82, 2.24) is 21.3 Å². The summed E-state index contributed by atoms with van der Waals surface area (Å²) in [6, 6.07) is 5.18. The number of aliphatic hydroxyl groups is 1. The molecular formula is C31H48N4O10S. The molecule has 1 aromatic rings. The maximum Gasteiger partial charge on any atom is 0.328 e. The van der Waals surface area contributed by atoms with Gasteiger partial charge in [-0.3, -0.25) is 10.1 Å². The number of phenols is 1. The molecule has 0 aromatic heterocycles. The number of unbranched alkanes of at least 4 members (excludes halogenated alkanes) is 1. The van der Waals surface area contributed by atoms with Crippen LogP contribution < -0.4 is 21.3 Å². The van der Waals surface area contributed by atoms with E-state index >= 15 is 0 Å². The van der Waals surface area contributed by atoms with Gasteiger partial charge in [-0.25, -0.2) is 9.59 Å². The van der Waals surface area contributed by atoms with E-state index in [2.05, 4.69) is 21.3 Å². The summed E-state index contributed by atoms with van der Waals surface area (Å²) in [7, 11) is 0. The van der Waals surface area contributed by atoms with Gasteiger partial charge in [0.1, 0.15) is 12.0 Å². The molecule has 2 aliphatic rings. The normalized spacial score (nSPS) is 19.6. The molecule has 2 saturated heterocycles. The number of carbonyl (C=O) groups is 3.